The van der Waals surface area contributed by atoms with Crippen LogP contribution in [0.4, 0.5) is 5.69 Å². The Balaban J connectivity index is 1.72. The van der Waals surface area contributed by atoms with Crippen molar-refractivity contribution in [3.8, 4) is 17.2 Å². The quantitative estimate of drug-likeness (QED) is 0.273. The highest BCUT2D eigenvalue weighted by Gasteiger charge is 2.43. The fourth-order valence-corrected chi connectivity index (χ4v) is 5.74. The van der Waals surface area contributed by atoms with Crippen LogP contribution in [0.25, 0.3) is 5.69 Å². The Kier molecular flexibility index (Phi) is 6.73. The molecular weight excluding hydrogens is 536 g/mol. The third kappa shape index (κ3) is 4.24. The normalized spacial score (nSPS) is 17.2. The van der Waals surface area contributed by atoms with Crippen LogP contribution in [0.2, 0.25) is 0 Å². The molecule has 0 bridgehead atoms. The van der Waals surface area contributed by atoms with E-state index in [1.807, 2.05) is 54.7 Å². The highest BCUT2D eigenvalue weighted by molar-refractivity contribution is 9.10. The zero-order valence-corrected chi connectivity index (χ0v) is 22.9. The fourth-order valence-electron chi connectivity index (χ4n) is 5.02. The van der Waals surface area contributed by atoms with Gasteiger partial charge in [0.05, 0.1) is 37.7 Å². The molecule has 0 unspecified atom stereocenters. The molecule has 6 nitrogen and oxygen atoms in total. The zero-order chi connectivity index (χ0) is 25.4. The summed E-state index contributed by atoms with van der Waals surface area (Å²) in [4.78, 5) is 6.81. The first-order valence-electron chi connectivity index (χ1n) is 11.6. The number of anilines is 1. The van der Waals surface area contributed by atoms with Gasteiger partial charge < -0.3 is 24.3 Å². The van der Waals surface area contributed by atoms with Gasteiger partial charge in [-0.1, -0.05) is 28.1 Å². The molecule has 184 valence electrons. The van der Waals surface area contributed by atoms with Gasteiger partial charge in [-0.2, -0.15) is 0 Å². The summed E-state index contributed by atoms with van der Waals surface area (Å²) < 4.78 is 14.6. The molecule has 0 saturated carbocycles. The molecule has 1 N–H and O–H groups in total. The van der Waals surface area contributed by atoms with Gasteiger partial charge in [-0.05, 0) is 80.2 Å². The number of thiocarbonyl (C=S) groups is 1. The number of nitrogens with zero attached hydrogens (tertiary/aromatic N) is 3. The van der Waals surface area contributed by atoms with E-state index >= 15 is 0 Å². The highest BCUT2D eigenvalue weighted by Crippen LogP contribution is 2.47. The molecular formula is C28H27BrN4O2S. The number of nitrogens with one attached hydrogen (secondary N) is 1. The number of benzene rings is 2. The topological polar surface area (TPSA) is 51.6 Å². The Hall–Kier alpha value is -3.36. The lowest BCUT2D eigenvalue weighted by Gasteiger charge is -2.29. The van der Waals surface area contributed by atoms with Crippen LogP contribution in [-0.4, -0.2) is 28.9 Å². The van der Waals surface area contributed by atoms with Crippen molar-refractivity contribution in [2.75, 3.05) is 19.1 Å². The van der Waals surface area contributed by atoms with E-state index in [0.29, 0.717) is 10.9 Å². The summed E-state index contributed by atoms with van der Waals surface area (Å²) in [5.41, 5.74) is 6.27. The van der Waals surface area contributed by atoms with Gasteiger partial charge in [0.2, 0.25) is 0 Å². The first-order valence-corrected chi connectivity index (χ1v) is 12.8. The van der Waals surface area contributed by atoms with Crippen LogP contribution >= 0.6 is 28.1 Å². The number of rotatable bonds is 6. The molecule has 0 aliphatic carbocycles. The summed E-state index contributed by atoms with van der Waals surface area (Å²) in [6.07, 6.45) is 1.82. The molecule has 0 amide bonds. The number of hydrogen-bond acceptors (Lipinski definition) is 4. The minimum atomic E-state index is -0.166. The van der Waals surface area contributed by atoms with E-state index in [0.717, 1.165) is 44.2 Å². The number of hydrogen-bond donors (Lipinski definition) is 1. The van der Waals surface area contributed by atoms with E-state index in [1.54, 1.807) is 14.2 Å². The van der Waals surface area contributed by atoms with Gasteiger partial charge in [0.1, 0.15) is 11.5 Å². The van der Waals surface area contributed by atoms with Crippen molar-refractivity contribution in [2.24, 2.45) is 0 Å². The molecule has 2 atom stereocenters. The molecule has 36 heavy (non-hydrogen) atoms. The highest BCUT2D eigenvalue weighted by atomic mass is 79.9. The summed E-state index contributed by atoms with van der Waals surface area (Å²) in [5, 5.41) is 4.15. The predicted octanol–water partition coefficient (Wildman–Crippen LogP) is 6.45. The number of halogens is 1. The maximum atomic E-state index is 5.93. The Morgan fingerprint density at radius 2 is 1.81 bits per heavy atom. The second-order valence-corrected chi connectivity index (χ2v) is 9.98. The van der Waals surface area contributed by atoms with E-state index < -0.39 is 0 Å². The largest absolute Gasteiger partial charge is 0.497 e. The van der Waals surface area contributed by atoms with Gasteiger partial charge in [-0.3, -0.25) is 4.98 Å². The van der Waals surface area contributed by atoms with Crippen LogP contribution in [0.3, 0.4) is 0 Å². The predicted molar refractivity (Wildman–Crippen MR) is 150 cm³/mol. The van der Waals surface area contributed by atoms with Crippen LogP contribution in [-0.2, 0) is 0 Å². The van der Waals surface area contributed by atoms with Crippen LogP contribution in [0.15, 0.2) is 77.4 Å². The van der Waals surface area contributed by atoms with Gasteiger partial charge in [0, 0.05) is 33.8 Å². The summed E-state index contributed by atoms with van der Waals surface area (Å²) in [6.45, 7) is 4.28. The summed E-state index contributed by atoms with van der Waals surface area (Å²) >= 11 is 9.55. The first-order chi connectivity index (χ1) is 17.4. The average Bonchev–Trinajstić information content (AvgIpc) is 3.38. The molecule has 0 radical (unpaired) electrons. The summed E-state index contributed by atoms with van der Waals surface area (Å²) in [6, 6.07) is 22.0. The van der Waals surface area contributed by atoms with Crippen LogP contribution in [0.5, 0.6) is 11.5 Å². The van der Waals surface area contributed by atoms with E-state index in [9.17, 15) is 0 Å². The lowest BCUT2D eigenvalue weighted by atomic mass is 9.96. The van der Waals surface area contributed by atoms with Gasteiger partial charge in [0.15, 0.2) is 5.11 Å². The Labute approximate surface area is 225 Å². The Morgan fingerprint density at radius 3 is 2.50 bits per heavy atom. The number of ether oxygens (including phenoxy) is 2. The minimum Gasteiger partial charge on any atom is -0.497 e. The molecule has 5 rings (SSSR count). The molecule has 1 fully saturated rings. The van der Waals surface area contributed by atoms with Crippen LogP contribution < -0.4 is 19.7 Å². The summed E-state index contributed by atoms with van der Waals surface area (Å²) in [7, 11) is 3.33. The zero-order valence-electron chi connectivity index (χ0n) is 20.5. The van der Waals surface area contributed by atoms with Gasteiger partial charge in [-0.25, -0.2) is 0 Å². The third-order valence-electron chi connectivity index (χ3n) is 6.60. The van der Waals surface area contributed by atoms with Crippen molar-refractivity contribution in [3.63, 3.8) is 0 Å². The van der Waals surface area contributed by atoms with Crippen LogP contribution in [0, 0.1) is 13.8 Å². The Morgan fingerprint density at radius 1 is 0.972 bits per heavy atom. The second kappa shape index (κ2) is 9.95. The van der Waals surface area contributed by atoms with Crippen molar-refractivity contribution in [1.82, 2.24) is 14.9 Å². The monoisotopic (exact) mass is 562 g/mol. The second-order valence-electron chi connectivity index (χ2n) is 8.68. The standard InChI is InChI=1S/C28H27BrN4O2S/c1-17-14-22(18(2)32(17)20-9-7-8-19(29)15-20)27-26(23-10-5-6-13-30-23)31-28(36)33(27)24-16-21(34-3)11-12-25(24)35-4/h5-16,26-27H,1-4H3,(H,31,36)/t26-,27+/m0/s1. The van der Waals surface area contributed by atoms with Crippen molar-refractivity contribution in [2.45, 2.75) is 25.9 Å². The summed E-state index contributed by atoms with van der Waals surface area (Å²) in [5.74, 6) is 1.45. The lowest BCUT2D eigenvalue weighted by Crippen LogP contribution is -2.30. The molecule has 1 saturated heterocycles. The first kappa shape index (κ1) is 24.3. The number of methoxy groups -OCH3 is 2. The Bertz CT molecular complexity index is 1420. The SMILES string of the molecule is COc1ccc(OC)c(N2C(=S)N[C@@H](c3ccccn3)[C@H]2c2cc(C)n(-c3cccc(Br)c3)c2C)c1. The molecule has 2 aromatic heterocycles. The number of pyridine rings is 1. The third-order valence-corrected chi connectivity index (χ3v) is 7.41. The van der Waals surface area contributed by atoms with E-state index in [4.69, 9.17) is 21.7 Å². The van der Waals surface area contributed by atoms with Crippen molar-refractivity contribution >= 4 is 38.9 Å². The maximum Gasteiger partial charge on any atom is 0.174 e. The van der Waals surface area contributed by atoms with Crippen molar-refractivity contribution in [1.29, 1.82) is 0 Å². The van der Waals surface area contributed by atoms with E-state index in [1.165, 1.54) is 0 Å². The van der Waals surface area contributed by atoms with Crippen LogP contribution in [0.1, 0.15) is 34.7 Å². The minimum absolute atomic E-state index is 0.161. The van der Waals surface area contributed by atoms with Gasteiger partial charge in [0.25, 0.3) is 0 Å². The van der Waals surface area contributed by atoms with Crippen molar-refractivity contribution < 1.29 is 9.47 Å². The van der Waals surface area contributed by atoms with Crippen molar-refractivity contribution in [3.05, 3.63) is 100 Å². The molecule has 0 spiro atoms. The molecule has 3 heterocycles. The molecule has 4 aromatic rings. The maximum absolute atomic E-state index is 5.93. The van der Waals surface area contributed by atoms with E-state index in [-0.39, 0.29) is 12.1 Å². The molecule has 1 aliphatic rings. The lowest BCUT2D eigenvalue weighted by molar-refractivity contribution is 0.403. The number of aromatic nitrogens is 2. The molecule has 1 aliphatic heterocycles. The van der Waals surface area contributed by atoms with E-state index in [2.05, 4.69) is 67.7 Å². The van der Waals surface area contributed by atoms with Gasteiger partial charge in [-0.15, -0.1) is 0 Å². The average molecular weight is 564 g/mol. The number of aryl methyl sites for hydroxylation is 1. The smallest absolute Gasteiger partial charge is 0.174 e. The van der Waals surface area contributed by atoms with Gasteiger partial charge >= 0.3 is 0 Å². The molecule has 2 aromatic carbocycles. The fraction of sp³-hybridized carbons (Fsp3) is 0.214. The molecule has 8 heteroatoms.